The zero-order chi connectivity index (χ0) is 13.5. The maximum Gasteiger partial charge on any atom is 0.230 e. The van der Waals surface area contributed by atoms with Crippen LogP contribution in [0.25, 0.3) is 0 Å². The van der Waals surface area contributed by atoms with Gasteiger partial charge in [-0.25, -0.2) is 4.39 Å². The maximum absolute atomic E-state index is 13.7. The molecular weight excluding hydrogens is 243 g/mol. The third kappa shape index (κ3) is 2.14. The molecule has 1 aromatic carbocycles. The maximum atomic E-state index is 13.7. The van der Waals surface area contributed by atoms with Crippen LogP contribution in [-0.4, -0.2) is 26.0 Å². The SMILES string of the molecule is CN(C(=O)C1CC12CCNCC2)c1ccccc1F. The van der Waals surface area contributed by atoms with E-state index in [0.29, 0.717) is 5.69 Å². The van der Waals surface area contributed by atoms with E-state index in [4.69, 9.17) is 0 Å². The smallest absolute Gasteiger partial charge is 0.230 e. The van der Waals surface area contributed by atoms with Crippen LogP contribution in [-0.2, 0) is 4.79 Å². The van der Waals surface area contributed by atoms with Gasteiger partial charge in [0.05, 0.1) is 5.69 Å². The first-order valence-corrected chi connectivity index (χ1v) is 6.87. The van der Waals surface area contributed by atoms with E-state index in [2.05, 4.69) is 5.32 Å². The standard InChI is InChI=1S/C15H19FN2O/c1-18(13-5-3-2-4-12(13)16)14(19)11-10-15(11)6-8-17-9-7-15/h2-5,11,17H,6-10H2,1H3. The molecule has 0 bridgehead atoms. The molecule has 1 aromatic rings. The Morgan fingerprint density at radius 2 is 2.05 bits per heavy atom. The van der Waals surface area contributed by atoms with Gasteiger partial charge in [0.25, 0.3) is 0 Å². The zero-order valence-corrected chi connectivity index (χ0v) is 11.2. The van der Waals surface area contributed by atoms with Gasteiger partial charge >= 0.3 is 0 Å². The molecular formula is C15H19FN2O. The number of halogens is 1. The van der Waals surface area contributed by atoms with Gasteiger partial charge in [-0.1, -0.05) is 12.1 Å². The number of benzene rings is 1. The molecule has 3 nitrogen and oxygen atoms in total. The number of carbonyl (C=O) groups is 1. The normalized spacial score (nSPS) is 24.2. The molecule has 19 heavy (non-hydrogen) atoms. The Kier molecular flexibility index (Phi) is 3.05. The number of piperidine rings is 1. The molecule has 1 unspecified atom stereocenters. The number of hydrogen-bond donors (Lipinski definition) is 1. The summed E-state index contributed by atoms with van der Waals surface area (Å²) in [4.78, 5) is 14.0. The molecule has 1 aliphatic carbocycles. The van der Waals surface area contributed by atoms with Gasteiger partial charge in [-0.2, -0.15) is 0 Å². The second-order valence-electron chi connectivity index (χ2n) is 5.72. The van der Waals surface area contributed by atoms with E-state index in [1.807, 2.05) is 0 Å². The topological polar surface area (TPSA) is 32.3 Å². The van der Waals surface area contributed by atoms with E-state index in [0.717, 1.165) is 32.4 Å². The minimum absolute atomic E-state index is 0.0620. The van der Waals surface area contributed by atoms with E-state index >= 15 is 0 Å². The summed E-state index contributed by atoms with van der Waals surface area (Å²) in [5.41, 5.74) is 0.575. The summed E-state index contributed by atoms with van der Waals surface area (Å²) in [6.45, 7) is 1.99. The Morgan fingerprint density at radius 1 is 1.37 bits per heavy atom. The molecule has 1 heterocycles. The predicted molar refractivity (Wildman–Crippen MR) is 72.5 cm³/mol. The van der Waals surface area contributed by atoms with Crippen LogP contribution in [0.2, 0.25) is 0 Å². The van der Waals surface area contributed by atoms with Crippen LogP contribution in [0, 0.1) is 17.2 Å². The van der Waals surface area contributed by atoms with Crippen molar-refractivity contribution >= 4 is 11.6 Å². The lowest BCUT2D eigenvalue weighted by Crippen LogP contribution is -2.35. The Balaban J connectivity index is 1.73. The number of anilines is 1. The van der Waals surface area contributed by atoms with Gasteiger partial charge in [0.15, 0.2) is 0 Å². The van der Waals surface area contributed by atoms with Crippen LogP contribution in [0.1, 0.15) is 19.3 Å². The summed E-state index contributed by atoms with van der Waals surface area (Å²) < 4.78 is 13.7. The lowest BCUT2D eigenvalue weighted by molar-refractivity contribution is -0.120. The van der Waals surface area contributed by atoms with Crippen LogP contribution >= 0.6 is 0 Å². The quantitative estimate of drug-likeness (QED) is 0.886. The van der Waals surface area contributed by atoms with Crippen LogP contribution in [0.15, 0.2) is 24.3 Å². The first kappa shape index (κ1) is 12.6. The third-order valence-electron chi connectivity index (χ3n) is 4.63. The van der Waals surface area contributed by atoms with Crippen LogP contribution in [0.3, 0.4) is 0 Å². The molecule has 0 aromatic heterocycles. The van der Waals surface area contributed by atoms with Gasteiger partial charge in [-0.3, -0.25) is 4.79 Å². The van der Waals surface area contributed by atoms with Crippen molar-refractivity contribution in [1.82, 2.24) is 5.32 Å². The molecule has 2 aliphatic rings. The second kappa shape index (κ2) is 4.60. The lowest BCUT2D eigenvalue weighted by Gasteiger charge is -2.25. The van der Waals surface area contributed by atoms with E-state index in [1.165, 1.54) is 11.0 Å². The highest BCUT2D eigenvalue weighted by Gasteiger charge is 2.58. The number of nitrogens with zero attached hydrogens (tertiary/aromatic N) is 1. The Morgan fingerprint density at radius 3 is 2.74 bits per heavy atom. The molecule has 0 radical (unpaired) electrons. The summed E-state index contributed by atoms with van der Waals surface area (Å²) in [5, 5.41) is 3.32. The Hall–Kier alpha value is -1.42. The highest BCUT2D eigenvalue weighted by molar-refractivity contribution is 5.97. The number of rotatable bonds is 2. The monoisotopic (exact) mass is 262 g/mol. The van der Waals surface area contributed by atoms with Crippen molar-refractivity contribution in [3.8, 4) is 0 Å². The molecule has 3 rings (SSSR count). The molecule has 2 fully saturated rings. The minimum atomic E-state index is -0.335. The summed E-state index contributed by atoms with van der Waals surface area (Å²) in [5.74, 6) is -0.190. The predicted octanol–water partition coefficient (Wildman–Crippen LogP) is 2.18. The second-order valence-corrected chi connectivity index (χ2v) is 5.72. The van der Waals surface area contributed by atoms with Gasteiger partial charge in [-0.15, -0.1) is 0 Å². The molecule has 4 heteroatoms. The van der Waals surface area contributed by atoms with Crippen molar-refractivity contribution < 1.29 is 9.18 Å². The minimum Gasteiger partial charge on any atom is -0.317 e. The molecule has 1 spiro atoms. The van der Waals surface area contributed by atoms with Gasteiger partial charge < -0.3 is 10.2 Å². The fourth-order valence-electron chi connectivity index (χ4n) is 3.25. The first-order chi connectivity index (χ1) is 9.14. The average Bonchev–Trinajstić information content (AvgIpc) is 3.12. The summed E-state index contributed by atoms with van der Waals surface area (Å²) in [6, 6.07) is 6.45. The fraction of sp³-hybridized carbons (Fsp3) is 0.533. The molecule has 1 amide bonds. The molecule has 102 valence electrons. The van der Waals surface area contributed by atoms with Crippen LogP contribution in [0.4, 0.5) is 10.1 Å². The fourth-order valence-corrected chi connectivity index (χ4v) is 3.25. The summed E-state index contributed by atoms with van der Waals surface area (Å²) >= 11 is 0. The van der Waals surface area contributed by atoms with Crippen molar-refractivity contribution in [2.75, 3.05) is 25.0 Å². The van der Waals surface area contributed by atoms with Crippen molar-refractivity contribution in [2.24, 2.45) is 11.3 Å². The largest absolute Gasteiger partial charge is 0.317 e. The lowest BCUT2D eigenvalue weighted by atomic mass is 9.91. The number of amides is 1. The van der Waals surface area contributed by atoms with E-state index in [-0.39, 0.29) is 23.1 Å². The van der Waals surface area contributed by atoms with E-state index < -0.39 is 0 Å². The summed E-state index contributed by atoms with van der Waals surface area (Å²) in [6.07, 6.45) is 3.09. The number of nitrogens with one attached hydrogen (secondary N) is 1. The summed E-state index contributed by atoms with van der Waals surface area (Å²) in [7, 11) is 1.67. The first-order valence-electron chi connectivity index (χ1n) is 6.87. The third-order valence-corrected chi connectivity index (χ3v) is 4.63. The highest BCUT2D eigenvalue weighted by atomic mass is 19.1. The molecule has 1 saturated carbocycles. The average molecular weight is 262 g/mol. The number of carbonyl (C=O) groups excluding carboxylic acids is 1. The van der Waals surface area contributed by atoms with Gasteiger partial charge in [0.1, 0.15) is 5.82 Å². The molecule has 1 atom stereocenters. The van der Waals surface area contributed by atoms with Gasteiger partial charge in [0, 0.05) is 13.0 Å². The molecule has 1 saturated heterocycles. The van der Waals surface area contributed by atoms with Gasteiger partial charge in [-0.05, 0) is 49.9 Å². The number of para-hydroxylation sites is 1. The van der Waals surface area contributed by atoms with Crippen molar-refractivity contribution in [3.05, 3.63) is 30.1 Å². The number of hydrogen-bond acceptors (Lipinski definition) is 2. The van der Waals surface area contributed by atoms with Crippen LogP contribution in [0.5, 0.6) is 0 Å². The molecule has 1 N–H and O–H groups in total. The Labute approximate surface area is 112 Å². The van der Waals surface area contributed by atoms with E-state index in [9.17, 15) is 9.18 Å². The van der Waals surface area contributed by atoms with Crippen molar-refractivity contribution in [2.45, 2.75) is 19.3 Å². The highest BCUT2D eigenvalue weighted by Crippen LogP contribution is 2.59. The van der Waals surface area contributed by atoms with Crippen molar-refractivity contribution in [1.29, 1.82) is 0 Å². The van der Waals surface area contributed by atoms with Gasteiger partial charge in [0.2, 0.25) is 5.91 Å². The van der Waals surface area contributed by atoms with Crippen LogP contribution < -0.4 is 10.2 Å². The Bertz CT molecular complexity index is 497. The van der Waals surface area contributed by atoms with Crippen molar-refractivity contribution in [3.63, 3.8) is 0 Å². The molecule has 1 aliphatic heterocycles. The zero-order valence-electron chi connectivity index (χ0n) is 11.2. The van der Waals surface area contributed by atoms with E-state index in [1.54, 1.807) is 25.2 Å².